The number of benzene rings is 5. The van der Waals surface area contributed by atoms with Gasteiger partial charge in [0.1, 0.15) is 11.2 Å². The first-order valence-corrected chi connectivity index (χ1v) is 15.0. The lowest BCUT2D eigenvalue weighted by Gasteiger charge is -2.23. The van der Waals surface area contributed by atoms with E-state index in [9.17, 15) is 5.26 Å². The Labute approximate surface area is 256 Å². The Morgan fingerprint density at radius 2 is 1.55 bits per heavy atom. The van der Waals surface area contributed by atoms with E-state index in [0.29, 0.717) is 5.56 Å². The van der Waals surface area contributed by atoms with Crippen LogP contribution in [-0.2, 0) is 5.41 Å². The summed E-state index contributed by atoms with van der Waals surface area (Å²) in [7, 11) is 0. The van der Waals surface area contributed by atoms with Gasteiger partial charge in [0, 0.05) is 38.1 Å². The number of nitrogens with zero attached hydrogens (tertiary/aromatic N) is 2. The van der Waals surface area contributed by atoms with Gasteiger partial charge in [-0.15, -0.1) is 0 Å². The third-order valence-corrected chi connectivity index (χ3v) is 9.42. The number of allylic oxidation sites excluding steroid dienone is 5. The Kier molecular flexibility index (Phi) is 5.60. The summed E-state index contributed by atoms with van der Waals surface area (Å²) in [5, 5.41) is 14.9. The van der Waals surface area contributed by atoms with Crippen molar-refractivity contribution in [2.24, 2.45) is 0 Å². The van der Waals surface area contributed by atoms with Crippen LogP contribution in [0.4, 0.5) is 0 Å². The lowest BCUT2D eigenvalue weighted by molar-refractivity contribution is 0.616. The van der Waals surface area contributed by atoms with Crippen LogP contribution < -0.4 is 0 Å². The zero-order valence-electron chi connectivity index (χ0n) is 25.0. The highest BCUT2D eigenvalue weighted by molar-refractivity contribution is 6.11. The summed E-state index contributed by atoms with van der Waals surface area (Å²) >= 11 is 0. The molecule has 7 aromatic rings. The number of hydrogen-bond acceptors (Lipinski definition) is 2. The first kappa shape index (κ1) is 26.1. The molecule has 44 heavy (non-hydrogen) atoms. The normalized spacial score (nSPS) is 14.3. The molecule has 0 radical (unpaired) electrons. The Balaban J connectivity index is 1.39. The number of nitriles is 1. The maximum Gasteiger partial charge on any atom is 0.140 e. The molecule has 0 N–H and O–H groups in total. The predicted molar refractivity (Wildman–Crippen MR) is 183 cm³/mol. The quantitative estimate of drug-likeness (QED) is 0.199. The third kappa shape index (κ3) is 3.49. The fourth-order valence-corrected chi connectivity index (χ4v) is 7.48. The van der Waals surface area contributed by atoms with Gasteiger partial charge in [0.25, 0.3) is 0 Å². The number of rotatable bonds is 4. The second kappa shape index (κ2) is 9.46. The second-order valence-corrected chi connectivity index (χ2v) is 12.1. The van der Waals surface area contributed by atoms with E-state index in [1.807, 2.05) is 24.3 Å². The highest BCUT2D eigenvalue weighted by atomic mass is 16.3. The number of fused-ring (bicyclic) bond motifs is 8. The number of hydrogen-bond donors (Lipinski definition) is 0. The monoisotopic (exact) mass is 566 g/mol. The molecule has 1 aliphatic rings. The standard InChI is InChI=1S/C41H30N2O/c1-5-6-15-33-25(2)28-20-21-31-32-23-26(19-22-37(32)44-40(31)39(28)41(33,3)4)38-27(24-42)12-11-18-36(38)43-34-16-9-7-13-29(34)30-14-8-10-17-35(30)43/h5-23H,1H2,2-4H3/b15-6-. The van der Waals surface area contributed by atoms with Crippen molar-refractivity contribution in [1.82, 2.24) is 4.57 Å². The fraction of sp³-hybridized carbons (Fsp3) is 0.0976. The minimum Gasteiger partial charge on any atom is -0.456 e. The van der Waals surface area contributed by atoms with Gasteiger partial charge in [-0.1, -0.05) is 93.3 Å². The van der Waals surface area contributed by atoms with Crippen molar-refractivity contribution in [1.29, 1.82) is 5.26 Å². The van der Waals surface area contributed by atoms with Gasteiger partial charge in [-0.2, -0.15) is 5.26 Å². The van der Waals surface area contributed by atoms with Crippen molar-refractivity contribution in [3.8, 4) is 22.9 Å². The minimum absolute atomic E-state index is 0.216. The Morgan fingerprint density at radius 1 is 0.818 bits per heavy atom. The van der Waals surface area contributed by atoms with Crippen molar-refractivity contribution in [3.63, 3.8) is 0 Å². The number of aromatic nitrogens is 1. The van der Waals surface area contributed by atoms with Crippen molar-refractivity contribution in [2.75, 3.05) is 0 Å². The number of para-hydroxylation sites is 2. The second-order valence-electron chi connectivity index (χ2n) is 12.1. The maximum atomic E-state index is 10.4. The van der Waals surface area contributed by atoms with Crippen LogP contribution in [0.5, 0.6) is 0 Å². The Morgan fingerprint density at radius 3 is 2.25 bits per heavy atom. The fourth-order valence-electron chi connectivity index (χ4n) is 7.48. The van der Waals surface area contributed by atoms with E-state index in [4.69, 9.17) is 4.42 Å². The first-order chi connectivity index (χ1) is 21.4. The lowest BCUT2D eigenvalue weighted by atomic mass is 9.80. The van der Waals surface area contributed by atoms with Crippen molar-refractivity contribution in [2.45, 2.75) is 26.2 Å². The lowest BCUT2D eigenvalue weighted by Crippen LogP contribution is -2.16. The van der Waals surface area contributed by atoms with Gasteiger partial charge >= 0.3 is 0 Å². The molecule has 2 heterocycles. The molecule has 8 rings (SSSR count). The van der Waals surface area contributed by atoms with E-state index in [2.05, 4.69) is 129 Å². The minimum atomic E-state index is -0.216. The van der Waals surface area contributed by atoms with Gasteiger partial charge in [-0.3, -0.25) is 0 Å². The molecule has 0 atom stereocenters. The molecule has 0 aliphatic heterocycles. The average Bonchev–Trinajstić information content (AvgIpc) is 3.64. The van der Waals surface area contributed by atoms with Gasteiger partial charge in [0.15, 0.2) is 0 Å². The molecule has 3 nitrogen and oxygen atoms in total. The van der Waals surface area contributed by atoms with Gasteiger partial charge in [0.2, 0.25) is 0 Å². The summed E-state index contributed by atoms with van der Waals surface area (Å²) < 4.78 is 8.95. The van der Waals surface area contributed by atoms with Crippen LogP contribution in [-0.4, -0.2) is 4.57 Å². The number of furan rings is 1. The van der Waals surface area contributed by atoms with E-state index < -0.39 is 0 Å². The SMILES string of the molecule is C=C/C=C\C1=C(C)c2ccc3c(oc4ccc(-c5c(C#N)cccc5-n5c6ccccc6c6ccccc65)cc43)c2C1(C)C. The third-order valence-electron chi connectivity index (χ3n) is 9.42. The molecule has 0 saturated heterocycles. The molecule has 0 bridgehead atoms. The van der Waals surface area contributed by atoms with E-state index >= 15 is 0 Å². The van der Waals surface area contributed by atoms with Crippen molar-refractivity contribution >= 4 is 49.3 Å². The molecular weight excluding hydrogens is 536 g/mol. The van der Waals surface area contributed by atoms with Gasteiger partial charge < -0.3 is 8.98 Å². The van der Waals surface area contributed by atoms with Crippen LogP contribution in [0.1, 0.15) is 37.5 Å². The highest BCUT2D eigenvalue weighted by Crippen LogP contribution is 2.51. The summed E-state index contributed by atoms with van der Waals surface area (Å²) in [5.74, 6) is 0. The van der Waals surface area contributed by atoms with E-state index in [1.165, 1.54) is 33.0 Å². The van der Waals surface area contributed by atoms with E-state index in [-0.39, 0.29) is 5.41 Å². The summed E-state index contributed by atoms with van der Waals surface area (Å²) in [6, 6.07) is 36.2. The predicted octanol–water partition coefficient (Wildman–Crippen LogP) is 11.0. The topological polar surface area (TPSA) is 41.9 Å². The molecule has 5 aromatic carbocycles. The molecular formula is C41H30N2O. The molecule has 0 unspecified atom stereocenters. The molecule has 0 amide bonds. The smallest absolute Gasteiger partial charge is 0.140 e. The van der Waals surface area contributed by atoms with Crippen LogP contribution in [0.3, 0.4) is 0 Å². The Bertz CT molecular complexity index is 2400. The van der Waals surface area contributed by atoms with Gasteiger partial charge in [-0.05, 0) is 71.7 Å². The van der Waals surface area contributed by atoms with Crippen LogP contribution in [0.25, 0.3) is 66.1 Å². The van der Waals surface area contributed by atoms with Crippen LogP contribution in [0.2, 0.25) is 0 Å². The summed E-state index contributed by atoms with van der Waals surface area (Å²) in [6.07, 6.45) is 6.00. The van der Waals surface area contributed by atoms with Crippen molar-refractivity contribution in [3.05, 3.63) is 144 Å². The Hall–Kier alpha value is -5.59. The largest absolute Gasteiger partial charge is 0.456 e. The summed E-state index contributed by atoms with van der Waals surface area (Å²) in [6.45, 7) is 10.6. The summed E-state index contributed by atoms with van der Waals surface area (Å²) in [5.41, 5.74) is 12.3. The first-order valence-electron chi connectivity index (χ1n) is 15.0. The van der Waals surface area contributed by atoms with Gasteiger partial charge in [-0.25, -0.2) is 0 Å². The molecule has 0 spiro atoms. The van der Waals surface area contributed by atoms with Gasteiger partial charge in [0.05, 0.1) is 28.4 Å². The summed E-state index contributed by atoms with van der Waals surface area (Å²) in [4.78, 5) is 0. The van der Waals surface area contributed by atoms with Crippen molar-refractivity contribution < 1.29 is 4.42 Å². The van der Waals surface area contributed by atoms with Crippen LogP contribution >= 0.6 is 0 Å². The molecule has 2 aromatic heterocycles. The maximum absolute atomic E-state index is 10.4. The van der Waals surface area contributed by atoms with Crippen LogP contribution in [0.15, 0.2) is 132 Å². The van der Waals surface area contributed by atoms with Crippen LogP contribution in [0, 0.1) is 11.3 Å². The average molecular weight is 567 g/mol. The molecule has 210 valence electrons. The molecule has 0 saturated carbocycles. The molecule has 1 aliphatic carbocycles. The van der Waals surface area contributed by atoms with E-state index in [0.717, 1.165) is 49.8 Å². The van der Waals surface area contributed by atoms with E-state index in [1.54, 1.807) is 0 Å². The molecule has 3 heteroatoms. The zero-order valence-corrected chi connectivity index (χ0v) is 25.0. The molecule has 0 fully saturated rings. The highest BCUT2D eigenvalue weighted by Gasteiger charge is 2.38. The zero-order chi connectivity index (χ0) is 30.2.